The maximum atomic E-state index is 12.5. The first-order valence-corrected chi connectivity index (χ1v) is 9.64. The standard InChI is InChI=1S/C18H23NO3S/c1-22-17-9-7-16-12-18(10-8-15(16)11-17)23(20,21)19-13-14-5-3-2-4-6-14/h7-12,14,19H,2-6,13H2,1H3. The van der Waals surface area contributed by atoms with Gasteiger partial charge in [-0.05, 0) is 53.8 Å². The van der Waals surface area contributed by atoms with Crippen molar-refractivity contribution in [2.24, 2.45) is 5.92 Å². The lowest BCUT2D eigenvalue weighted by atomic mass is 9.90. The summed E-state index contributed by atoms with van der Waals surface area (Å²) in [5.74, 6) is 1.24. The van der Waals surface area contributed by atoms with E-state index in [1.807, 2.05) is 24.3 Å². The Kier molecular flexibility index (Phi) is 4.87. The Morgan fingerprint density at radius 2 is 1.74 bits per heavy atom. The first-order valence-electron chi connectivity index (χ1n) is 8.16. The van der Waals surface area contributed by atoms with E-state index in [1.165, 1.54) is 19.3 Å². The van der Waals surface area contributed by atoms with E-state index < -0.39 is 10.0 Å². The molecule has 1 aliphatic rings. The minimum Gasteiger partial charge on any atom is -0.497 e. The van der Waals surface area contributed by atoms with E-state index in [9.17, 15) is 8.42 Å². The Morgan fingerprint density at radius 3 is 2.48 bits per heavy atom. The predicted octanol–water partition coefficient (Wildman–Crippen LogP) is 3.71. The largest absolute Gasteiger partial charge is 0.497 e. The van der Waals surface area contributed by atoms with Crippen LogP contribution in [0.4, 0.5) is 0 Å². The van der Waals surface area contributed by atoms with Crippen LogP contribution in [0.2, 0.25) is 0 Å². The molecular formula is C18H23NO3S. The van der Waals surface area contributed by atoms with Crippen molar-refractivity contribution >= 4 is 20.8 Å². The molecular weight excluding hydrogens is 310 g/mol. The summed E-state index contributed by atoms with van der Waals surface area (Å²) in [5, 5.41) is 1.86. The maximum absolute atomic E-state index is 12.5. The van der Waals surface area contributed by atoms with Gasteiger partial charge >= 0.3 is 0 Å². The van der Waals surface area contributed by atoms with Crippen molar-refractivity contribution in [2.45, 2.75) is 37.0 Å². The first kappa shape index (κ1) is 16.3. The minimum atomic E-state index is -3.45. The van der Waals surface area contributed by atoms with E-state index in [4.69, 9.17) is 4.74 Å². The zero-order valence-electron chi connectivity index (χ0n) is 13.4. The van der Waals surface area contributed by atoms with Crippen molar-refractivity contribution < 1.29 is 13.2 Å². The van der Waals surface area contributed by atoms with Gasteiger partial charge in [-0.2, -0.15) is 0 Å². The van der Waals surface area contributed by atoms with Gasteiger partial charge in [0.15, 0.2) is 0 Å². The van der Waals surface area contributed by atoms with E-state index in [-0.39, 0.29) is 0 Å². The van der Waals surface area contributed by atoms with Gasteiger partial charge in [0.2, 0.25) is 10.0 Å². The highest BCUT2D eigenvalue weighted by Crippen LogP contribution is 2.25. The number of fused-ring (bicyclic) bond motifs is 1. The van der Waals surface area contributed by atoms with Crippen LogP contribution in [0.25, 0.3) is 10.8 Å². The average Bonchev–Trinajstić information content (AvgIpc) is 2.60. The molecule has 2 aromatic rings. The van der Waals surface area contributed by atoms with Crippen molar-refractivity contribution in [1.82, 2.24) is 4.72 Å². The van der Waals surface area contributed by atoms with E-state index >= 15 is 0 Å². The second kappa shape index (κ2) is 6.89. The van der Waals surface area contributed by atoms with Gasteiger partial charge < -0.3 is 4.74 Å². The second-order valence-electron chi connectivity index (χ2n) is 6.23. The summed E-state index contributed by atoms with van der Waals surface area (Å²) < 4.78 is 33.0. The van der Waals surface area contributed by atoms with Crippen LogP contribution in [0, 0.1) is 5.92 Å². The van der Waals surface area contributed by atoms with Crippen LogP contribution >= 0.6 is 0 Å². The summed E-state index contributed by atoms with van der Waals surface area (Å²) >= 11 is 0. The van der Waals surface area contributed by atoms with Crippen molar-refractivity contribution in [3.05, 3.63) is 36.4 Å². The lowest BCUT2D eigenvalue weighted by molar-refractivity contribution is 0.357. The van der Waals surface area contributed by atoms with Gasteiger partial charge in [0.25, 0.3) is 0 Å². The van der Waals surface area contributed by atoms with Crippen LogP contribution in [0.3, 0.4) is 0 Å². The van der Waals surface area contributed by atoms with Gasteiger partial charge in [0, 0.05) is 6.54 Å². The summed E-state index contributed by atoms with van der Waals surface area (Å²) in [6, 6.07) is 10.8. The minimum absolute atomic E-state index is 0.325. The van der Waals surface area contributed by atoms with E-state index in [2.05, 4.69) is 4.72 Å². The van der Waals surface area contributed by atoms with Gasteiger partial charge in [0.1, 0.15) is 5.75 Å². The van der Waals surface area contributed by atoms with Gasteiger partial charge in [0.05, 0.1) is 12.0 Å². The molecule has 0 aliphatic heterocycles. The predicted molar refractivity (Wildman–Crippen MR) is 92.3 cm³/mol. The second-order valence-corrected chi connectivity index (χ2v) is 8.00. The number of nitrogens with one attached hydrogen (secondary N) is 1. The smallest absolute Gasteiger partial charge is 0.240 e. The van der Waals surface area contributed by atoms with Crippen LogP contribution in [0.1, 0.15) is 32.1 Å². The molecule has 0 unspecified atom stereocenters. The fourth-order valence-corrected chi connectivity index (χ4v) is 4.35. The van der Waals surface area contributed by atoms with Crippen LogP contribution in [-0.2, 0) is 10.0 Å². The highest BCUT2D eigenvalue weighted by molar-refractivity contribution is 7.89. The Hall–Kier alpha value is -1.59. The van der Waals surface area contributed by atoms with Crippen LogP contribution in [0.15, 0.2) is 41.3 Å². The summed E-state index contributed by atoms with van der Waals surface area (Å²) in [6.45, 7) is 0.545. The number of methoxy groups -OCH3 is 1. The van der Waals surface area contributed by atoms with Gasteiger partial charge in [-0.1, -0.05) is 31.4 Å². The normalized spacial score (nSPS) is 16.6. The molecule has 1 N–H and O–H groups in total. The van der Waals surface area contributed by atoms with Crippen molar-refractivity contribution in [1.29, 1.82) is 0 Å². The van der Waals surface area contributed by atoms with Crippen LogP contribution < -0.4 is 9.46 Å². The van der Waals surface area contributed by atoms with Crippen LogP contribution in [0.5, 0.6) is 5.75 Å². The molecule has 5 heteroatoms. The number of benzene rings is 2. The molecule has 0 amide bonds. The molecule has 0 aromatic heterocycles. The van der Waals surface area contributed by atoms with Gasteiger partial charge in [-0.3, -0.25) is 0 Å². The highest BCUT2D eigenvalue weighted by Gasteiger charge is 2.19. The number of hydrogen-bond acceptors (Lipinski definition) is 3. The summed E-state index contributed by atoms with van der Waals surface area (Å²) in [6.07, 6.45) is 5.95. The zero-order chi connectivity index (χ0) is 16.3. The molecule has 124 valence electrons. The molecule has 0 bridgehead atoms. The third-order valence-electron chi connectivity index (χ3n) is 4.62. The quantitative estimate of drug-likeness (QED) is 0.907. The molecule has 23 heavy (non-hydrogen) atoms. The maximum Gasteiger partial charge on any atom is 0.240 e. The number of rotatable bonds is 5. The summed E-state index contributed by atoms with van der Waals surface area (Å²) in [5.41, 5.74) is 0. The Labute approximate surface area is 137 Å². The lowest BCUT2D eigenvalue weighted by Gasteiger charge is -2.21. The van der Waals surface area contributed by atoms with Crippen molar-refractivity contribution in [3.63, 3.8) is 0 Å². The zero-order valence-corrected chi connectivity index (χ0v) is 14.2. The summed E-state index contributed by atoms with van der Waals surface area (Å²) in [4.78, 5) is 0.325. The van der Waals surface area contributed by atoms with Gasteiger partial charge in [-0.25, -0.2) is 13.1 Å². The van der Waals surface area contributed by atoms with E-state index in [1.54, 1.807) is 19.2 Å². The van der Waals surface area contributed by atoms with Crippen molar-refractivity contribution in [2.75, 3.05) is 13.7 Å². The van der Waals surface area contributed by atoms with E-state index in [0.717, 1.165) is 29.4 Å². The molecule has 0 saturated heterocycles. The SMILES string of the molecule is COc1ccc2cc(S(=O)(=O)NCC3CCCCC3)ccc2c1. The molecule has 0 heterocycles. The van der Waals surface area contributed by atoms with Crippen molar-refractivity contribution in [3.8, 4) is 5.75 Å². The molecule has 1 fully saturated rings. The lowest BCUT2D eigenvalue weighted by Crippen LogP contribution is -2.30. The molecule has 1 saturated carbocycles. The number of ether oxygens (including phenoxy) is 1. The third-order valence-corrected chi connectivity index (χ3v) is 6.04. The Bertz CT molecular complexity index is 780. The number of sulfonamides is 1. The molecule has 0 atom stereocenters. The Balaban J connectivity index is 1.77. The fourth-order valence-electron chi connectivity index (χ4n) is 3.20. The van der Waals surface area contributed by atoms with E-state index in [0.29, 0.717) is 17.4 Å². The first-order chi connectivity index (χ1) is 11.1. The topological polar surface area (TPSA) is 55.4 Å². The molecule has 0 radical (unpaired) electrons. The fraction of sp³-hybridized carbons (Fsp3) is 0.444. The molecule has 3 rings (SSSR count). The molecule has 1 aliphatic carbocycles. The third kappa shape index (κ3) is 3.85. The Morgan fingerprint density at radius 1 is 1.04 bits per heavy atom. The van der Waals surface area contributed by atoms with Gasteiger partial charge in [-0.15, -0.1) is 0 Å². The molecule has 0 spiro atoms. The summed E-state index contributed by atoms with van der Waals surface area (Å²) in [7, 11) is -1.83. The molecule has 2 aromatic carbocycles. The average molecular weight is 333 g/mol. The monoisotopic (exact) mass is 333 g/mol. The van der Waals surface area contributed by atoms with Crippen LogP contribution in [-0.4, -0.2) is 22.1 Å². The number of hydrogen-bond donors (Lipinski definition) is 1. The molecule has 4 nitrogen and oxygen atoms in total. The highest BCUT2D eigenvalue weighted by atomic mass is 32.2.